The van der Waals surface area contributed by atoms with Gasteiger partial charge in [0.25, 0.3) is 16.8 Å². The summed E-state index contributed by atoms with van der Waals surface area (Å²) in [4.78, 5) is 44.7. The van der Waals surface area contributed by atoms with Crippen LogP contribution in [0.15, 0.2) is 58.5 Å². The number of hydrogen-bond donors (Lipinski definition) is 3. The lowest BCUT2D eigenvalue weighted by molar-refractivity contribution is 0.0908. The van der Waals surface area contributed by atoms with Gasteiger partial charge in [-0.15, -0.1) is 0 Å². The van der Waals surface area contributed by atoms with Gasteiger partial charge in [0.05, 0.1) is 11.9 Å². The van der Waals surface area contributed by atoms with E-state index in [0.717, 1.165) is 0 Å². The highest BCUT2D eigenvalue weighted by atomic mass is 16.2. The first-order chi connectivity index (χ1) is 13.3. The molecule has 3 rings (SSSR count). The van der Waals surface area contributed by atoms with Gasteiger partial charge in [-0.05, 0) is 24.3 Å². The molecule has 144 valence electrons. The van der Waals surface area contributed by atoms with Gasteiger partial charge in [0.1, 0.15) is 23.2 Å². The maximum absolute atomic E-state index is 12.5. The normalized spacial score (nSPS) is 12.4. The Morgan fingerprint density at radius 3 is 2.36 bits per heavy atom. The van der Waals surface area contributed by atoms with Crippen molar-refractivity contribution in [2.75, 3.05) is 10.6 Å². The van der Waals surface area contributed by atoms with Gasteiger partial charge in [0, 0.05) is 17.8 Å². The summed E-state index contributed by atoms with van der Waals surface area (Å²) in [6.45, 7) is 5.72. The van der Waals surface area contributed by atoms with Gasteiger partial charge < -0.3 is 16.0 Å². The Morgan fingerprint density at radius 1 is 1.00 bits per heavy atom. The van der Waals surface area contributed by atoms with Crippen molar-refractivity contribution in [3.63, 3.8) is 0 Å². The van der Waals surface area contributed by atoms with Crippen LogP contribution < -0.4 is 26.8 Å². The Bertz CT molecular complexity index is 1040. The highest BCUT2D eigenvalue weighted by Crippen LogP contribution is 2.25. The van der Waals surface area contributed by atoms with Gasteiger partial charge in [-0.3, -0.25) is 24.4 Å². The van der Waals surface area contributed by atoms with Gasteiger partial charge >= 0.3 is 0 Å². The van der Waals surface area contributed by atoms with Crippen LogP contribution in [0.25, 0.3) is 0 Å². The second kappa shape index (κ2) is 7.59. The van der Waals surface area contributed by atoms with E-state index in [-0.39, 0.29) is 23.0 Å². The summed E-state index contributed by atoms with van der Waals surface area (Å²) in [7, 11) is 0. The molecule has 0 aliphatic heterocycles. The lowest BCUT2D eigenvalue weighted by Crippen LogP contribution is -2.52. The summed E-state index contributed by atoms with van der Waals surface area (Å²) in [5.74, 6) is -0.381. The number of carbonyl (C=O) groups excluding carboxylic acids is 1. The molecule has 0 spiro atoms. The van der Waals surface area contributed by atoms with E-state index in [2.05, 4.69) is 25.9 Å². The van der Waals surface area contributed by atoms with Gasteiger partial charge in [0.15, 0.2) is 0 Å². The molecular weight excluding hydrogens is 358 g/mol. The smallest absolute Gasteiger partial charge is 0.271 e. The van der Waals surface area contributed by atoms with E-state index < -0.39 is 22.4 Å². The first kappa shape index (κ1) is 19.2. The minimum atomic E-state index is -0.632. The summed E-state index contributed by atoms with van der Waals surface area (Å²) in [5, 5.41) is 8.76. The molecule has 0 radical (unpaired) electrons. The van der Waals surface area contributed by atoms with Crippen LogP contribution in [-0.4, -0.2) is 22.0 Å². The van der Waals surface area contributed by atoms with Gasteiger partial charge in [-0.25, -0.2) is 0 Å². The minimum Gasteiger partial charge on any atom is -0.360 e. The standard InChI is InChI=1S/C20H21N5O3/c1-20(2,3)19(25-18(28)13-8-4-5-10-22-13)24-15-14(16(26)17(15)27)23-12-7-6-9-21-11-12/h4-11,19,23-24H,1-3H3,(H,25,28). The molecule has 3 aromatic rings. The second-order valence-corrected chi connectivity index (χ2v) is 7.41. The number of aromatic nitrogens is 2. The molecule has 8 heteroatoms. The average molecular weight is 379 g/mol. The average Bonchev–Trinajstić information content (AvgIpc) is 2.69. The third-order valence-corrected chi connectivity index (χ3v) is 4.17. The molecule has 0 saturated heterocycles. The van der Waals surface area contributed by atoms with Crippen molar-refractivity contribution in [1.82, 2.24) is 15.3 Å². The lowest BCUT2D eigenvalue weighted by atomic mass is 9.91. The van der Waals surface area contributed by atoms with Crippen molar-refractivity contribution in [2.45, 2.75) is 26.9 Å². The van der Waals surface area contributed by atoms with Crippen LogP contribution in [0.1, 0.15) is 31.3 Å². The van der Waals surface area contributed by atoms with Crippen LogP contribution in [0.5, 0.6) is 0 Å². The zero-order valence-electron chi connectivity index (χ0n) is 15.8. The number of pyridine rings is 2. The van der Waals surface area contributed by atoms with Crippen LogP contribution in [-0.2, 0) is 0 Å². The van der Waals surface area contributed by atoms with Crippen LogP contribution in [0.3, 0.4) is 0 Å². The van der Waals surface area contributed by atoms with E-state index in [0.29, 0.717) is 5.69 Å². The summed E-state index contributed by atoms with van der Waals surface area (Å²) >= 11 is 0. The number of carbonyl (C=O) groups is 1. The summed E-state index contributed by atoms with van der Waals surface area (Å²) in [6.07, 6.45) is 4.07. The molecule has 0 saturated carbocycles. The van der Waals surface area contributed by atoms with E-state index in [1.807, 2.05) is 20.8 Å². The fourth-order valence-corrected chi connectivity index (χ4v) is 2.55. The maximum atomic E-state index is 12.5. The molecule has 0 fully saturated rings. The Labute approximate surface area is 161 Å². The number of anilines is 3. The highest BCUT2D eigenvalue weighted by molar-refractivity contribution is 5.92. The van der Waals surface area contributed by atoms with Crippen molar-refractivity contribution in [3.05, 3.63) is 75.1 Å². The Kier molecular flexibility index (Phi) is 5.21. The molecule has 8 nitrogen and oxygen atoms in total. The van der Waals surface area contributed by atoms with Crippen LogP contribution in [0.4, 0.5) is 17.1 Å². The fraction of sp³-hybridized carbons (Fsp3) is 0.250. The lowest BCUT2D eigenvalue weighted by Gasteiger charge is -2.33. The molecule has 3 N–H and O–H groups in total. The van der Waals surface area contributed by atoms with Crippen molar-refractivity contribution >= 4 is 23.0 Å². The van der Waals surface area contributed by atoms with Gasteiger partial charge in [-0.2, -0.15) is 0 Å². The molecule has 28 heavy (non-hydrogen) atoms. The molecule has 1 unspecified atom stereocenters. The largest absolute Gasteiger partial charge is 0.360 e. The number of nitrogens with zero attached hydrogens (tertiary/aromatic N) is 2. The Morgan fingerprint density at radius 2 is 1.75 bits per heavy atom. The molecular formula is C20H21N5O3. The number of hydrogen-bond acceptors (Lipinski definition) is 7. The first-order valence-electron chi connectivity index (χ1n) is 8.76. The molecule has 2 heterocycles. The summed E-state index contributed by atoms with van der Waals surface area (Å²) in [5.41, 5.74) is -0.563. The molecule has 0 bridgehead atoms. The number of amides is 1. The zero-order valence-corrected chi connectivity index (χ0v) is 15.8. The number of rotatable bonds is 6. The number of nitrogens with one attached hydrogen (secondary N) is 3. The van der Waals surface area contributed by atoms with Crippen LogP contribution in [0.2, 0.25) is 0 Å². The van der Waals surface area contributed by atoms with Gasteiger partial charge in [-0.1, -0.05) is 26.8 Å². The third-order valence-electron chi connectivity index (χ3n) is 4.17. The van der Waals surface area contributed by atoms with Crippen molar-refractivity contribution < 1.29 is 4.79 Å². The van der Waals surface area contributed by atoms with Gasteiger partial charge in [0.2, 0.25) is 0 Å². The van der Waals surface area contributed by atoms with Crippen molar-refractivity contribution in [1.29, 1.82) is 0 Å². The minimum absolute atomic E-state index is 0.134. The van der Waals surface area contributed by atoms with Crippen molar-refractivity contribution in [2.24, 2.45) is 5.41 Å². The quantitative estimate of drug-likeness (QED) is 0.444. The van der Waals surface area contributed by atoms with Crippen LogP contribution >= 0.6 is 0 Å². The molecule has 2 aromatic heterocycles. The third kappa shape index (κ3) is 4.06. The topological polar surface area (TPSA) is 113 Å². The molecule has 1 amide bonds. The second-order valence-electron chi connectivity index (χ2n) is 7.41. The predicted octanol–water partition coefficient (Wildman–Crippen LogP) is 2.03. The van der Waals surface area contributed by atoms with E-state index in [1.54, 1.807) is 42.7 Å². The van der Waals surface area contributed by atoms with E-state index in [4.69, 9.17) is 0 Å². The summed E-state index contributed by atoms with van der Waals surface area (Å²) in [6, 6.07) is 8.48. The molecule has 0 aliphatic rings. The Balaban J connectivity index is 1.83. The fourth-order valence-electron chi connectivity index (χ4n) is 2.55. The highest BCUT2D eigenvalue weighted by Gasteiger charge is 2.31. The maximum Gasteiger partial charge on any atom is 0.271 e. The van der Waals surface area contributed by atoms with E-state index >= 15 is 0 Å². The first-order valence-corrected chi connectivity index (χ1v) is 8.76. The van der Waals surface area contributed by atoms with Crippen molar-refractivity contribution in [3.8, 4) is 0 Å². The van der Waals surface area contributed by atoms with E-state index in [1.165, 1.54) is 6.20 Å². The predicted molar refractivity (Wildman–Crippen MR) is 107 cm³/mol. The monoisotopic (exact) mass is 379 g/mol. The molecule has 1 aromatic carbocycles. The SMILES string of the molecule is CC(C)(C)C(NC(=O)c1ccccn1)Nc1c(Nc2cccnc2)c(=O)c1=O. The summed E-state index contributed by atoms with van der Waals surface area (Å²) < 4.78 is 0. The molecule has 1 atom stereocenters. The van der Waals surface area contributed by atoms with Crippen LogP contribution in [0, 0.1) is 5.41 Å². The molecule has 0 aliphatic carbocycles. The Hall–Kier alpha value is -3.55. The zero-order chi connectivity index (χ0) is 20.3. The van der Waals surface area contributed by atoms with E-state index in [9.17, 15) is 14.4 Å².